The van der Waals surface area contributed by atoms with Gasteiger partial charge in [0.15, 0.2) is 12.0 Å². The molecule has 0 radical (unpaired) electrons. The number of aryl methyl sites for hydroxylation is 1. The highest BCUT2D eigenvalue weighted by Gasteiger charge is 2.46. The molecule has 140 valence electrons. The Hall–Kier alpha value is -3.40. The van der Waals surface area contributed by atoms with Crippen LogP contribution in [0.5, 0.6) is 0 Å². The van der Waals surface area contributed by atoms with Gasteiger partial charge < -0.3 is 15.2 Å². The number of carbonyl (C=O) groups excluding carboxylic acids is 1. The topological polar surface area (TPSA) is 97.7 Å². The van der Waals surface area contributed by atoms with Gasteiger partial charge in [-0.1, -0.05) is 12.1 Å². The second kappa shape index (κ2) is 6.34. The average Bonchev–Trinajstić information content (AvgIpc) is 3.39. The van der Waals surface area contributed by atoms with Crippen molar-refractivity contribution in [3.05, 3.63) is 47.9 Å². The number of hydrogen-bond acceptors (Lipinski definition) is 5. The predicted octanol–water partition coefficient (Wildman–Crippen LogP) is 2.75. The molecule has 2 aromatic heterocycles. The molecule has 1 aromatic carbocycles. The second-order valence-corrected chi connectivity index (χ2v) is 7.57. The van der Waals surface area contributed by atoms with Gasteiger partial charge in [-0.2, -0.15) is 5.26 Å². The Kier molecular flexibility index (Phi) is 3.79. The molecule has 1 amide bonds. The number of benzene rings is 1. The van der Waals surface area contributed by atoms with Crippen molar-refractivity contribution in [3.8, 4) is 17.6 Å². The van der Waals surface area contributed by atoms with Crippen molar-refractivity contribution in [2.45, 2.75) is 44.3 Å². The highest BCUT2D eigenvalue weighted by Crippen LogP contribution is 2.37. The smallest absolute Gasteiger partial charge is 0.253 e. The molecule has 2 N–H and O–H groups in total. The molecule has 0 unspecified atom stereocenters. The molecule has 28 heavy (non-hydrogen) atoms. The van der Waals surface area contributed by atoms with Crippen LogP contribution in [-0.4, -0.2) is 43.9 Å². The lowest BCUT2D eigenvalue weighted by Gasteiger charge is -2.21. The molecule has 7 heteroatoms. The number of fused-ring (bicyclic) bond motifs is 3. The number of nitriles is 1. The maximum absolute atomic E-state index is 13.0. The van der Waals surface area contributed by atoms with E-state index in [1.165, 1.54) is 0 Å². The number of carbonyl (C=O) groups is 1. The van der Waals surface area contributed by atoms with Crippen molar-refractivity contribution in [3.63, 3.8) is 0 Å². The summed E-state index contributed by atoms with van der Waals surface area (Å²) in [6.07, 6.45) is 8.61. The summed E-state index contributed by atoms with van der Waals surface area (Å²) in [6, 6.07) is 8.09. The summed E-state index contributed by atoms with van der Waals surface area (Å²) in [5.74, 6) is 0.529. The average molecular weight is 372 g/mol. The summed E-state index contributed by atoms with van der Waals surface area (Å²) in [5, 5.41) is 13.3. The molecule has 2 bridgehead atoms. The van der Waals surface area contributed by atoms with Crippen LogP contribution in [0.1, 0.15) is 35.3 Å². The Bertz CT molecular complexity index is 1110. The van der Waals surface area contributed by atoms with Gasteiger partial charge in [0.05, 0.1) is 23.2 Å². The second-order valence-electron chi connectivity index (χ2n) is 7.57. The van der Waals surface area contributed by atoms with Crippen molar-refractivity contribution in [1.82, 2.24) is 25.2 Å². The minimum atomic E-state index is -0.107. The highest BCUT2D eigenvalue weighted by atomic mass is 16.1. The molecule has 2 aliphatic heterocycles. The number of rotatable bonds is 3. The third kappa shape index (κ3) is 2.53. The summed E-state index contributed by atoms with van der Waals surface area (Å²) < 4.78 is 0. The number of aromatic nitrogens is 3. The van der Waals surface area contributed by atoms with E-state index in [1.54, 1.807) is 12.4 Å². The Morgan fingerprint density at radius 1 is 1.36 bits per heavy atom. The van der Waals surface area contributed by atoms with E-state index in [-0.39, 0.29) is 24.0 Å². The minimum absolute atomic E-state index is 0.0270. The Labute approximate surface area is 162 Å². The molecule has 2 aliphatic rings. The van der Waals surface area contributed by atoms with E-state index in [4.69, 9.17) is 0 Å². The maximum atomic E-state index is 13.0. The quantitative estimate of drug-likeness (QED) is 0.689. The normalized spacial score (nSPS) is 23.1. The van der Waals surface area contributed by atoms with Crippen LogP contribution in [0, 0.1) is 18.4 Å². The fourth-order valence-electron chi connectivity index (χ4n) is 4.65. The predicted molar refractivity (Wildman–Crippen MR) is 104 cm³/mol. The van der Waals surface area contributed by atoms with Gasteiger partial charge in [-0.25, -0.2) is 9.97 Å². The van der Waals surface area contributed by atoms with Gasteiger partial charge in [0.25, 0.3) is 5.91 Å². The molecule has 2 saturated heterocycles. The van der Waals surface area contributed by atoms with E-state index in [2.05, 4.69) is 26.5 Å². The molecule has 3 atom stereocenters. The van der Waals surface area contributed by atoms with Gasteiger partial charge in [0.2, 0.25) is 0 Å². The van der Waals surface area contributed by atoms with Crippen LogP contribution in [-0.2, 0) is 0 Å². The molecule has 0 saturated carbocycles. The Balaban J connectivity index is 1.45. The molecule has 3 aromatic rings. The van der Waals surface area contributed by atoms with Crippen LogP contribution in [0.25, 0.3) is 22.3 Å². The lowest BCUT2D eigenvalue weighted by molar-refractivity contribution is 0.0930. The van der Waals surface area contributed by atoms with Crippen LogP contribution in [0.2, 0.25) is 0 Å². The molecule has 0 aliphatic carbocycles. The monoisotopic (exact) mass is 372 g/mol. The van der Waals surface area contributed by atoms with Crippen molar-refractivity contribution < 1.29 is 4.79 Å². The minimum Gasteiger partial charge on any atom is -0.360 e. The zero-order chi connectivity index (χ0) is 19.3. The summed E-state index contributed by atoms with van der Waals surface area (Å²) in [7, 11) is 0. The van der Waals surface area contributed by atoms with Crippen LogP contribution in [0.4, 0.5) is 0 Å². The van der Waals surface area contributed by atoms with E-state index >= 15 is 0 Å². The zero-order valence-corrected chi connectivity index (χ0v) is 15.5. The number of para-hydroxylation sites is 1. The van der Waals surface area contributed by atoms with Crippen molar-refractivity contribution in [2.24, 2.45) is 0 Å². The third-order valence-corrected chi connectivity index (χ3v) is 5.96. The van der Waals surface area contributed by atoms with Gasteiger partial charge >= 0.3 is 0 Å². The van der Waals surface area contributed by atoms with E-state index in [0.29, 0.717) is 11.4 Å². The number of hydrogen-bond donors (Lipinski definition) is 2. The first-order valence-corrected chi connectivity index (χ1v) is 9.55. The summed E-state index contributed by atoms with van der Waals surface area (Å²) in [6.45, 7) is 1.93. The molecule has 4 heterocycles. The van der Waals surface area contributed by atoms with E-state index in [0.717, 1.165) is 41.4 Å². The van der Waals surface area contributed by atoms with Gasteiger partial charge in [-0.15, -0.1) is 0 Å². The lowest BCUT2D eigenvalue weighted by atomic mass is 9.95. The number of aromatic amines is 1. The van der Waals surface area contributed by atoms with Gasteiger partial charge in [-0.05, 0) is 38.3 Å². The molecule has 2 fully saturated rings. The first kappa shape index (κ1) is 16.8. The third-order valence-electron chi connectivity index (χ3n) is 5.96. The molecular weight excluding hydrogens is 352 g/mol. The van der Waals surface area contributed by atoms with Gasteiger partial charge in [0.1, 0.15) is 0 Å². The maximum Gasteiger partial charge on any atom is 0.253 e. The molecule has 5 rings (SSSR count). The van der Waals surface area contributed by atoms with Crippen molar-refractivity contribution in [2.75, 3.05) is 0 Å². The number of nitrogens with zero attached hydrogens (tertiary/aromatic N) is 4. The first-order chi connectivity index (χ1) is 13.7. The van der Waals surface area contributed by atoms with Crippen molar-refractivity contribution in [1.29, 1.82) is 5.26 Å². The summed E-state index contributed by atoms with van der Waals surface area (Å²) >= 11 is 0. The molecule has 7 nitrogen and oxygen atoms in total. The largest absolute Gasteiger partial charge is 0.360 e. The number of amides is 1. The summed E-state index contributed by atoms with van der Waals surface area (Å²) in [5.41, 5.74) is 3.22. The van der Waals surface area contributed by atoms with Gasteiger partial charge in [0, 0.05) is 35.1 Å². The fourth-order valence-corrected chi connectivity index (χ4v) is 4.65. The highest BCUT2D eigenvalue weighted by molar-refractivity contribution is 6.09. The fraction of sp³-hybridized carbons (Fsp3) is 0.333. The van der Waals surface area contributed by atoms with Crippen LogP contribution in [0.15, 0.2) is 36.7 Å². The number of nitrogens with one attached hydrogen (secondary N) is 2. The summed E-state index contributed by atoms with van der Waals surface area (Å²) in [4.78, 5) is 27.0. The Morgan fingerprint density at radius 3 is 3.04 bits per heavy atom. The van der Waals surface area contributed by atoms with Crippen molar-refractivity contribution >= 4 is 16.8 Å². The van der Waals surface area contributed by atoms with Gasteiger partial charge in [-0.3, -0.25) is 4.79 Å². The SMILES string of the molecule is Cc1ccnc(-c2cccc3c(C(=O)N[C@@H]4C[C@@H]5CC[C@H]4N5C#N)c[nH]c23)n1. The lowest BCUT2D eigenvalue weighted by Crippen LogP contribution is -2.43. The molecular formula is C21H20N6O. The van der Waals surface area contributed by atoms with Crippen LogP contribution in [0.3, 0.4) is 0 Å². The zero-order valence-electron chi connectivity index (χ0n) is 15.5. The standard InChI is InChI=1S/C21H20N6O/c1-12-7-8-23-20(25-12)15-4-2-3-14-16(10-24-19(14)15)21(28)26-17-9-13-5-6-18(17)27(13)11-22/h2-4,7-8,10,13,17-18,24H,5-6,9H2,1H3,(H,26,28)/t13-,17+,18+/m0/s1. The van der Waals surface area contributed by atoms with Crippen LogP contribution < -0.4 is 5.32 Å². The number of H-pyrrole nitrogens is 1. The van der Waals surface area contributed by atoms with Crippen LogP contribution >= 0.6 is 0 Å². The Morgan fingerprint density at radius 2 is 2.25 bits per heavy atom. The molecule has 0 spiro atoms. The van der Waals surface area contributed by atoms with E-state index in [9.17, 15) is 10.1 Å². The first-order valence-electron chi connectivity index (χ1n) is 9.55. The van der Waals surface area contributed by atoms with E-state index < -0.39 is 0 Å². The van der Waals surface area contributed by atoms with E-state index in [1.807, 2.05) is 36.1 Å².